The Morgan fingerprint density at radius 1 is 0.897 bits per heavy atom. The summed E-state index contributed by atoms with van der Waals surface area (Å²) in [4.78, 5) is 15.6. The van der Waals surface area contributed by atoms with Gasteiger partial charge in [0, 0.05) is 31.7 Å². The lowest BCUT2D eigenvalue weighted by molar-refractivity contribution is -0.140. The van der Waals surface area contributed by atoms with Gasteiger partial charge in [0.15, 0.2) is 0 Å². The van der Waals surface area contributed by atoms with Crippen LogP contribution in [-0.2, 0) is 32.2 Å². The highest BCUT2D eigenvalue weighted by Crippen LogP contribution is 2.20. The molecule has 1 aromatic rings. The molecular formula is C21H36N2O6. The van der Waals surface area contributed by atoms with Crippen molar-refractivity contribution in [2.45, 2.75) is 26.1 Å². The molecule has 1 rings (SSSR count). The van der Waals surface area contributed by atoms with E-state index in [1.165, 1.54) is 7.11 Å². The zero-order valence-corrected chi connectivity index (χ0v) is 17.9. The van der Waals surface area contributed by atoms with E-state index in [1.54, 1.807) is 6.07 Å². The van der Waals surface area contributed by atoms with Gasteiger partial charge in [0.1, 0.15) is 0 Å². The van der Waals surface area contributed by atoms with E-state index in [-0.39, 0.29) is 19.2 Å². The van der Waals surface area contributed by atoms with Gasteiger partial charge in [0.2, 0.25) is 0 Å². The van der Waals surface area contributed by atoms with Crippen molar-refractivity contribution in [2.24, 2.45) is 0 Å². The first-order valence-corrected chi connectivity index (χ1v) is 9.96. The highest BCUT2D eigenvalue weighted by molar-refractivity contribution is 5.69. The summed E-state index contributed by atoms with van der Waals surface area (Å²) in [6.45, 7) is 4.18. The van der Waals surface area contributed by atoms with Gasteiger partial charge in [-0.1, -0.05) is 6.07 Å². The summed E-state index contributed by atoms with van der Waals surface area (Å²) in [5.41, 5.74) is 2.36. The van der Waals surface area contributed by atoms with Crippen molar-refractivity contribution < 1.29 is 29.2 Å². The van der Waals surface area contributed by atoms with Crippen LogP contribution in [0.25, 0.3) is 0 Å². The number of aliphatic hydroxyl groups is 2. The minimum Gasteiger partial charge on any atom is -0.469 e. The molecule has 1 aromatic carbocycles. The number of likely N-dealkylation sites (N-methyl/N-ethyl adjacent to an activating group) is 1. The molecule has 8 nitrogen and oxygen atoms in total. The SMILES string of the molecule is COC(=O)CCCN(CCOCCOCCN(C)C)c1cc(CO)cc(CO)c1. The summed E-state index contributed by atoms with van der Waals surface area (Å²) in [7, 11) is 5.39. The molecule has 29 heavy (non-hydrogen) atoms. The Hall–Kier alpha value is -1.71. The van der Waals surface area contributed by atoms with Gasteiger partial charge in [0.25, 0.3) is 0 Å². The molecule has 0 aliphatic heterocycles. The second kappa shape index (κ2) is 15.2. The predicted molar refractivity (Wildman–Crippen MR) is 112 cm³/mol. The second-order valence-corrected chi connectivity index (χ2v) is 7.02. The van der Waals surface area contributed by atoms with E-state index in [9.17, 15) is 15.0 Å². The van der Waals surface area contributed by atoms with Crippen molar-refractivity contribution in [2.75, 3.05) is 72.2 Å². The van der Waals surface area contributed by atoms with Crippen LogP contribution in [-0.4, -0.2) is 88.3 Å². The van der Waals surface area contributed by atoms with Crippen LogP contribution in [0.4, 0.5) is 5.69 Å². The Morgan fingerprint density at radius 3 is 2.00 bits per heavy atom. The number of hydrogen-bond acceptors (Lipinski definition) is 8. The molecule has 0 unspecified atom stereocenters. The molecule has 0 amide bonds. The molecule has 0 bridgehead atoms. The van der Waals surface area contributed by atoms with Crippen LogP contribution < -0.4 is 4.90 Å². The Balaban J connectivity index is 2.57. The topological polar surface area (TPSA) is 91.7 Å². The Kier molecular flexibility index (Phi) is 13.3. The first-order valence-electron chi connectivity index (χ1n) is 9.96. The molecule has 2 N–H and O–H groups in total. The van der Waals surface area contributed by atoms with Gasteiger partial charge in [-0.05, 0) is 43.8 Å². The average molecular weight is 413 g/mol. The van der Waals surface area contributed by atoms with Crippen molar-refractivity contribution in [3.8, 4) is 0 Å². The van der Waals surface area contributed by atoms with E-state index in [1.807, 2.05) is 26.2 Å². The van der Waals surface area contributed by atoms with Crippen molar-refractivity contribution in [3.63, 3.8) is 0 Å². The molecule has 0 spiro atoms. The molecule has 0 radical (unpaired) electrons. The maximum absolute atomic E-state index is 11.4. The van der Waals surface area contributed by atoms with Gasteiger partial charge < -0.3 is 34.2 Å². The molecule has 0 atom stereocenters. The fraction of sp³-hybridized carbons (Fsp3) is 0.667. The summed E-state index contributed by atoms with van der Waals surface area (Å²) < 4.78 is 15.9. The number of rotatable bonds is 16. The lowest BCUT2D eigenvalue weighted by Crippen LogP contribution is -2.29. The van der Waals surface area contributed by atoms with Gasteiger partial charge in [0.05, 0.1) is 46.8 Å². The van der Waals surface area contributed by atoms with Crippen LogP contribution in [0.2, 0.25) is 0 Å². The molecule has 166 valence electrons. The van der Waals surface area contributed by atoms with E-state index in [2.05, 4.69) is 9.80 Å². The lowest BCUT2D eigenvalue weighted by Gasteiger charge is -2.26. The second-order valence-electron chi connectivity index (χ2n) is 7.02. The summed E-state index contributed by atoms with van der Waals surface area (Å²) in [5.74, 6) is -0.240. The highest BCUT2D eigenvalue weighted by atomic mass is 16.5. The summed E-state index contributed by atoms with van der Waals surface area (Å²) in [5, 5.41) is 19.0. The number of aliphatic hydroxyl groups excluding tert-OH is 2. The molecule has 0 saturated heterocycles. The van der Waals surface area contributed by atoms with Crippen LogP contribution in [0.3, 0.4) is 0 Å². The molecule has 0 heterocycles. The number of esters is 1. The van der Waals surface area contributed by atoms with E-state index < -0.39 is 0 Å². The lowest BCUT2D eigenvalue weighted by atomic mass is 10.1. The standard InChI is InChI=1S/C21H36N2O6/c1-22(2)7-9-28-11-12-29-10-8-23(6-4-5-21(26)27-3)20-14-18(16-24)13-19(15-20)17-25/h13-15,24-25H,4-12,16-17H2,1-3H3. The Morgan fingerprint density at radius 2 is 1.48 bits per heavy atom. The zero-order chi connectivity index (χ0) is 21.5. The predicted octanol–water partition coefficient (Wildman–Crippen LogP) is 1.03. The zero-order valence-electron chi connectivity index (χ0n) is 17.9. The Labute approximate surface area is 174 Å². The van der Waals surface area contributed by atoms with E-state index in [0.717, 1.165) is 23.4 Å². The van der Waals surface area contributed by atoms with E-state index >= 15 is 0 Å². The molecular weight excluding hydrogens is 376 g/mol. The monoisotopic (exact) mass is 412 g/mol. The normalized spacial score (nSPS) is 11.1. The largest absolute Gasteiger partial charge is 0.469 e. The average Bonchev–Trinajstić information content (AvgIpc) is 2.73. The third-order valence-electron chi connectivity index (χ3n) is 4.36. The van der Waals surface area contributed by atoms with Crippen molar-refractivity contribution in [1.29, 1.82) is 0 Å². The third-order valence-corrected chi connectivity index (χ3v) is 4.36. The van der Waals surface area contributed by atoms with E-state index in [4.69, 9.17) is 14.2 Å². The van der Waals surface area contributed by atoms with Crippen LogP contribution in [0, 0.1) is 0 Å². The van der Waals surface area contributed by atoms with Crippen LogP contribution >= 0.6 is 0 Å². The number of benzene rings is 1. The van der Waals surface area contributed by atoms with Gasteiger partial charge in [-0.2, -0.15) is 0 Å². The van der Waals surface area contributed by atoms with Crippen molar-refractivity contribution in [1.82, 2.24) is 4.90 Å². The number of nitrogens with zero attached hydrogens (tertiary/aromatic N) is 2. The summed E-state index contributed by atoms with van der Waals surface area (Å²) in [6.07, 6.45) is 0.970. The number of ether oxygens (including phenoxy) is 3. The number of carbonyl (C=O) groups excluding carboxylic acids is 1. The first kappa shape index (κ1) is 25.3. The molecule has 0 saturated carbocycles. The fourth-order valence-electron chi connectivity index (χ4n) is 2.74. The maximum atomic E-state index is 11.4. The first-order chi connectivity index (χ1) is 14.0. The highest BCUT2D eigenvalue weighted by Gasteiger charge is 2.11. The van der Waals surface area contributed by atoms with Crippen molar-refractivity contribution >= 4 is 11.7 Å². The molecule has 8 heteroatoms. The number of hydrogen-bond donors (Lipinski definition) is 2. The third kappa shape index (κ3) is 11.2. The molecule has 0 aliphatic rings. The smallest absolute Gasteiger partial charge is 0.305 e. The summed E-state index contributed by atoms with van der Waals surface area (Å²) >= 11 is 0. The number of carbonyl (C=O) groups is 1. The summed E-state index contributed by atoms with van der Waals surface area (Å²) in [6, 6.07) is 5.56. The quantitative estimate of drug-likeness (QED) is 0.307. The van der Waals surface area contributed by atoms with Gasteiger partial charge in [-0.15, -0.1) is 0 Å². The minimum absolute atomic E-state index is 0.0996. The van der Waals surface area contributed by atoms with Gasteiger partial charge in [-0.3, -0.25) is 4.79 Å². The van der Waals surface area contributed by atoms with Crippen LogP contribution in [0.15, 0.2) is 18.2 Å². The molecule has 0 fully saturated rings. The number of anilines is 1. The molecule has 0 aromatic heterocycles. The van der Waals surface area contributed by atoms with E-state index in [0.29, 0.717) is 52.4 Å². The maximum Gasteiger partial charge on any atom is 0.305 e. The van der Waals surface area contributed by atoms with Gasteiger partial charge >= 0.3 is 5.97 Å². The minimum atomic E-state index is -0.240. The number of methoxy groups -OCH3 is 1. The Bertz CT molecular complexity index is 560. The van der Waals surface area contributed by atoms with Gasteiger partial charge in [-0.25, -0.2) is 0 Å². The fourth-order valence-corrected chi connectivity index (χ4v) is 2.74. The van der Waals surface area contributed by atoms with Crippen molar-refractivity contribution in [3.05, 3.63) is 29.3 Å². The van der Waals surface area contributed by atoms with Crippen LogP contribution in [0.1, 0.15) is 24.0 Å². The molecule has 0 aliphatic carbocycles. The van der Waals surface area contributed by atoms with Crippen LogP contribution in [0.5, 0.6) is 0 Å².